The van der Waals surface area contributed by atoms with E-state index < -0.39 is 23.3 Å². The van der Waals surface area contributed by atoms with Gasteiger partial charge in [-0.3, -0.25) is 15.1 Å². The molecule has 1 atom stereocenters. The van der Waals surface area contributed by atoms with E-state index in [9.17, 15) is 14.0 Å². The van der Waals surface area contributed by atoms with Gasteiger partial charge in [-0.1, -0.05) is 6.92 Å². The van der Waals surface area contributed by atoms with Gasteiger partial charge in [0.15, 0.2) is 5.54 Å². The van der Waals surface area contributed by atoms with E-state index in [2.05, 4.69) is 15.6 Å². The summed E-state index contributed by atoms with van der Waals surface area (Å²) in [6, 6.07) is 2.04. The molecule has 1 saturated heterocycles. The molecule has 6 heteroatoms. The highest BCUT2D eigenvalue weighted by atomic mass is 19.1. The van der Waals surface area contributed by atoms with E-state index in [4.69, 9.17) is 0 Å². The van der Waals surface area contributed by atoms with Crippen molar-refractivity contribution in [3.63, 3.8) is 0 Å². The van der Waals surface area contributed by atoms with Crippen molar-refractivity contribution < 1.29 is 14.0 Å². The molecular weight excluding hydrogens is 213 g/mol. The van der Waals surface area contributed by atoms with Crippen molar-refractivity contribution in [3.05, 3.63) is 29.8 Å². The van der Waals surface area contributed by atoms with E-state index in [1.165, 1.54) is 12.1 Å². The smallest absolute Gasteiger partial charge is 0.318 e. The van der Waals surface area contributed by atoms with E-state index in [0.717, 1.165) is 6.20 Å². The van der Waals surface area contributed by atoms with Crippen molar-refractivity contribution in [2.24, 2.45) is 0 Å². The largest absolute Gasteiger partial charge is 0.322 e. The van der Waals surface area contributed by atoms with Gasteiger partial charge in [0.05, 0.1) is 11.9 Å². The number of carbonyl (C=O) groups excluding carboxylic acids is 2. The molecule has 1 aliphatic heterocycles. The van der Waals surface area contributed by atoms with Crippen LogP contribution in [0.5, 0.6) is 0 Å². The molecule has 1 aromatic heterocycles. The van der Waals surface area contributed by atoms with Crippen molar-refractivity contribution in [2.75, 3.05) is 0 Å². The maximum absolute atomic E-state index is 12.7. The van der Waals surface area contributed by atoms with E-state index >= 15 is 0 Å². The van der Waals surface area contributed by atoms with E-state index in [1.807, 2.05) is 0 Å². The second-order valence-electron chi connectivity index (χ2n) is 3.53. The predicted octanol–water partition coefficient (Wildman–Crippen LogP) is 0.665. The average molecular weight is 223 g/mol. The lowest BCUT2D eigenvalue weighted by molar-refractivity contribution is -0.124. The number of rotatable bonds is 2. The Morgan fingerprint density at radius 1 is 1.44 bits per heavy atom. The Morgan fingerprint density at radius 3 is 2.62 bits per heavy atom. The van der Waals surface area contributed by atoms with Crippen molar-refractivity contribution in [1.82, 2.24) is 15.6 Å². The van der Waals surface area contributed by atoms with Gasteiger partial charge in [-0.25, -0.2) is 9.18 Å². The number of imide groups is 1. The Bertz CT molecular complexity index is 446. The Hall–Kier alpha value is -1.98. The summed E-state index contributed by atoms with van der Waals surface area (Å²) in [7, 11) is 0. The van der Waals surface area contributed by atoms with Crippen LogP contribution in [0.4, 0.5) is 9.18 Å². The van der Waals surface area contributed by atoms with Crippen LogP contribution in [0.25, 0.3) is 0 Å². The van der Waals surface area contributed by atoms with Gasteiger partial charge in [0.25, 0.3) is 5.91 Å². The molecule has 84 valence electrons. The Balaban J connectivity index is 2.46. The summed E-state index contributed by atoms with van der Waals surface area (Å²) in [5, 5.41) is 4.67. The second kappa shape index (κ2) is 3.55. The number of carbonyl (C=O) groups is 2. The van der Waals surface area contributed by atoms with Crippen LogP contribution >= 0.6 is 0 Å². The van der Waals surface area contributed by atoms with Crippen LogP contribution in [0.3, 0.4) is 0 Å². The number of aromatic nitrogens is 1. The van der Waals surface area contributed by atoms with Gasteiger partial charge in [0.2, 0.25) is 0 Å². The topological polar surface area (TPSA) is 71.1 Å². The molecule has 0 spiro atoms. The van der Waals surface area contributed by atoms with Crippen molar-refractivity contribution in [3.8, 4) is 0 Å². The summed E-state index contributed by atoms with van der Waals surface area (Å²) >= 11 is 0. The van der Waals surface area contributed by atoms with Gasteiger partial charge in [0.1, 0.15) is 5.82 Å². The SMILES string of the molecule is CCC1(c2ccc(F)cn2)NC(=O)NC1=O. The Kier molecular flexibility index (Phi) is 2.34. The Labute approximate surface area is 91.1 Å². The third-order valence-corrected chi connectivity index (χ3v) is 2.64. The highest BCUT2D eigenvalue weighted by molar-refractivity contribution is 6.07. The first-order chi connectivity index (χ1) is 7.58. The maximum atomic E-state index is 12.7. The molecule has 0 aliphatic carbocycles. The zero-order valence-corrected chi connectivity index (χ0v) is 8.58. The lowest BCUT2D eigenvalue weighted by Gasteiger charge is -2.23. The van der Waals surface area contributed by atoms with Crippen LogP contribution in [-0.2, 0) is 10.3 Å². The normalized spacial score (nSPS) is 24.1. The molecule has 1 fully saturated rings. The molecule has 5 nitrogen and oxygen atoms in total. The van der Waals surface area contributed by atoms with Crippen LogP contribution in [0.1, 0.15) is 19.0 Å². The fourth-order valence-electron chi connectivity index (χ4n) is 1.73. The highest BCUT2D eigenvalue weighted by Crippen LogP contribution is 2.26. The second-order valence-corrected chi connectivity index (χ2v) is 3.53. The van der Waals surface area contributed by atoms with Crippen molar-refractivity contribution >= 4 is 11.9 Å². The molecule has 2 heterocycles. The molecule has 1 aromatic rings. The van der Waals surface area contributed by atoms with Gasteiger partial charge in [-0.2, -0.15) is 0 Å². The molecule has 0 bridgehead atoms. The van der Waals surface area contributed by atoms with Gasteiger partial charge >= 0.3 is 6.03 Å². The maximum Gasteiger partial charge on any atom is 0.322 e. The minimum absolute atomic E-state index is 0.333. The van der Waals surface area contributed by atoms with Crippen LogP contribution < -0.4 is 10.6 Å². The minimum Gasteiger partial charge on any atom is -0.318 e. The fourth-order valence-corrected chi connectivity index (χ4v) is 1.73. The first kappa shape index (κ1) is 10.5. The fraction of sp³-hybridized carbons (Fsp3) is 0.300. The van der Waals surface area contributed by atoms with Gasteiger partial charge in [-0.15, -0.1) is 0 Å². The van der Waals surface area contributed by atoms with Crippen molar-refractivity contribution in [2.45, 2.75) is 18.9 Å². The molecule has 0 aromatic carbocycles. The monoisotopic (exact) mass is 223 g/mol. The predicted molar refractivity (Wildman–Crippen MR) is 52.8 cm³/mol. The number of nitrogens with zero attached hydrogens (tertiary/aromatic N) is 1. The summed E-state index contributed by atoms with van der Waals surface area (Å²) in [6.07, 6.45) is 1.37. The summed E-state index contributed by atoms with van der Waals surface area (Å²) in [5.41, 5.74) is -0.843. The van der Waals surface area contributed by atoms with Crippen LogP contribution in [0.15, 0.2) is 18.3 Å². The third-order valence-electron chi connectivity index (χ3n) is 2.64. The molecule has 2 N–H and O–H groups in total. The first-order valence-corrected chi connectivity index (χ1v) is 4.84. The molecule has 3 amide bonds. The summed E-state index contributed by atoms with van der Waals surface area (Å²) < 4.78 is 12.7. The third kappa shape index (κ3) is 1.42. The molecule has 0 saturated carbocycles. The van der Waals surface area contributed by atoms with Crippen molar-refractivity contribution in [1.29, 1.82) is 0 Å². The molecule has 1 unspecified atom stereocenters. The quantitative estimate of drug-likeness (QED) is 0.724. The summed E-state index contributed by atoms with van der Waals surface area (Å²) in [4.78, 5) is 26.7. The molecule has 2 rings (SSSR count). The van der Waals surface area contributed by atoms with E-state index in [1.54, 1.807) is 6.92 Å². The van der Waals surface area contributed by atoms with Crippen LogP contribution in [0.2, 0.25) is 0 Å². The number of hydrogen-bond acceptors (Lipinski definition) is 3. The van der Waals surface area contributed by atoms with E-state index in [0.29, 0.717) is 12.1 Å². The lowest BCUT2D eigenvalue weighted by atomic mass is 9.92. The number of urea groups is 1. The first-order valence-electron chi connectivity index (χ1n) is 4.84. The van der Waals surface area contributed by atoms with Gasteiger partial charge < -0.3 is 5.32 Å². The molecular formula is C10H10FN3O2. The van der Waals surface area contributed by atoms with Crippen LogP contribution in [0, 0.1) is 5.82 Å². The standard InChI is InChI=1S/C10H10FN3O2/c1-2-10(8(15)13-9(16)14-10)7-4-3-6(11)5-12-7/h3-5H,2H2,1H3,(H2,13,14,15,16). The number of hydrogen-bond donors (Lipinski definition) is 2. The minimum atomic E-state index is -1.18. The number of nitrogens with one attached hydrogen (secondary N) is 2. The van der Waals surface area contributed by atoms with Gasteiger partial charge in [-0.05, 0) is 18.6 Å². The summed E-state index contributed by atoms with van der Waals surface area (Å²) in [5.74, 6) is -0.946. The average Bonchev–Trinajstić information content (AvgIpc) is 2.55. The zero-order chi connectivity index (χ0) is 11.8. The molecule has 1 aliphatic rings. The Morgan fingerprint density at radius 2 is 2.19 bits per heavy atom. The molecule has 16 heavy (non-hydrogen) atoms. The summed E-state index contributed by atoms with van der Waals surface area (Å²) in [6.45, 7) is 1.75. The number of halogens is 1. The number of pyridine rings is 1. The zero-order valence-electron chi connectivity index (χ0n) is 8.58. The highest BCUT2D eigenvalue weighted by Gasteiger charge is 2.47. The van der Waals surface area contributed by atoms with Crippen LogP contribution in [-0.4, -0.2) is 16.9 Å². The van der Waals surface area contributed by atoms with Gasteiger partial charge in [0, 0.05) is 0 Å². The van der Waals surface area contributed by atoms with E-state index in [-0.39, 0.29) is 0 Å². The number of amides is 3. The molecule has 0 radical (unpaired) electrons. The lowest BCUT2D eigenvalue weighted by Crippen LogP contribution is -2.43.